The predicted octanol–water partition coefficient (Wildman–Crippen LogP) is -0.110. The van der Waals surface area contributed by atoms with Crippen molar-refractivity contribution < 1.29 is 15.2 Å². The van der Waals surface area contributed by atoms with Gasteiger partial charge in [0.15, 0.2) is 0 Å². The molecule has 1 saturated carbocycles. The molecule has 0 radical (unpaired) electrons. The average Bonchev–Trinajstić information content (AvgIpc) is 2.17. The van der Waals surface area contributed by atoms with Gasteiger partial charge in [0.2, 0.25) is 0 Å². The summed E-state index contributed by atoms with van der Waals surface area (Å²) < 4.78 is 5.63. The molecular formula is C10H22NO2+. The largest absolute Gasteiger partial charge is 0.385 e. The summed E-state index contributed by atoms with van der Waals surface area (Å²) in [6.07, 6.45) is 6.42. The summed E-state index contributed by atoms with van der Waals surface area (Å²) in [5.74, 6) is 0. The van der Waals surface area contributed by atoms with Crippen molar-refractivity contribution in [1.29, 1.82) is 0 Å². The van der Waals surface area contributed by atoms with Crippen LogP contribution in [0.15, 0.2) is 0 Å². The summed E-state index contributed by atoms with van der Waals surface area (Å²) >= 11 is 0. The molecule has 0 amide bonds. The van der Waals surface area contributed by atoms with Crippen molar-refractivity contribution in [3.63, 3.8) is 0 Å². The Morgan fingerprint density at radius 2 is 2.08 bits per heavy atom. The van der Waals surface area contributed by atoms with E-state index in [1.807, 2.05) is 12.4 Å². The van der Waals surface area contributed by atoms with Gasteiger partial charge in [0.25, 0.3) is 0 Å². The fourth-order valence-corrected chi connectivity index (χ4v) is 1.82. The van der Waals surface area contributed by atoms with Gasteiger partial charge in [-0.2, -0.15) is 0 Å². The summed E-state index contributed by atoms with van der Waals surface area (Å²) in [6.45, 7) is 1.25. The van der Waals surface area contributed by atoms with E-state index in [9.17, 15) is 5.11 Å². The SMILES string of the molecule is C[NH2+]C[C@H](O)COC1CCCCC1. The maximum atomic E-state index is 9.42. The van der Waals surface area contributed by atoms with Gasteiger partial charge in [0, 0.05) is 0 Å². The Hall–Kier alpha value is -0.120. The van der Waals surface area contributed by atoms with Gasteiger partial charge in [0.1, 0.15) is 12.6 Å². The first kappa shape index (κ1) is 11.0. The van der Waals surface area contributed by atoms with Crippen molar-refractivity contribution in [2.75, 3.05) is 20.2 Å². The lowest BCUT2D eigenvalue weighted by Gasteiger charge is -2.22. The number of aliphatic hydroxyl groups is 1. The number of hydrogen-bond donors (Lipinski definition) is 2. The maximum Gasteiger partial charge on any atom is 0.126 e. The lowest BCUT2D eigenvalue weighted by Crippen LogP contribution is -2.82. The van der Waals surface area contributed by atoms with E-state index in [2.05, 4.69) is 0 Å². The third kappa shape index (κ3) is 4.60. The molecule has 0 heterocycles. The summed E-state index contributed by atoms with van der Waals surface area (Å²) in [4.78, 5) is 0. The van der Waals surface area contributed by atoms with Crippen LogP contribution in [-0.2, 0) is 4.74 Å². The lowest BCUT2D eigenvalue weighted by atomic mass is 9.98. The van der Waals surface area contributed by atoms with Crippen LogP contribution < -0.4 is 5.32 Å². The van der Waals surface area contributed by atoms with Crippen LogP contribution in [0.1, 0.15) is 32.1 Å². The van der Waals surface area contributed by atoms with Crippen LogP contribution in [0.3, 0.4) is 0 Å². The Kier molecular flexibility index (Phi) is 5.35. The molecule has 0 aromatic carbocycles. The van der Waals surface area contributed by atoms with Crippen LogP contribution in [0.4, 0.5) is 0 Å². The highest BCUT2D eigenvalue weighted by molar-refractivity contribution is 4.65. The predicted molar refractivity (Wildman–Crippen MR) is 51.5 cm³/mol. The molecule has 3 heteroatoms. The van der Waals surface area contributed by atoms with E-state index < -0.39 is 0 Å². The molecular weight excluding hydrogens is 166 g/mol. The van der Waals surface area contributed by atoms with Crippen LogP contribution >= 0.6 is 0 Å². The molecule has 1 aliphatic carbocycles. The van der Waals surface area contributed by atoms with Crippen molar-refractivity contribution in [3.05, 3.63) is 0 Å². The van der Waals surface area contributed by atoms with Gasteiger partial charge in [0.05, 0.1) is 19.8 Å². The Morgan fingerprint density at radius 3 is 2.69 bits per heavy atom. The van der Waals surface area contributed by atoms with Gasteiger partial charge in [-0.05, 0) is 12.8 Å². The first-order valence-corrected chi connectivity index (χ1v) is 5.40. The molecule has 13 heavy (non-hydrogen) atoms. The summed E-state index contributed by atoms with van der Waals surface area (Å²) in [6, 6.07) is 0. The Bertz CT molecular complexity index is 124. The number of quaternary nitrogens is 1. The first-order chi connectivity index (χ1) is 6.33. The molecule has 0 aliphatic heterocycles. The van der Waals surface area contributed by atoms with E-state index in [0.717, 1.165) is 6.54 Å². The van der Waals surface area contributed by atoms with E-state index in [1.54, 1.807) is 0 Å². The fraction of sp³-hybridized carbons (Fsp3) is 1.00. The summed E-state index contributed by atoms with van der Waals surface area (Å²) in [5, 5.41) is 11.4. The molecule has 0 saturated heterocycles. The Balaban J connectivity index is 2.03. The number of likely N-dealkylation sites (N-methyl/N-ethyl adjacent to an activating group) is 1. The van der Waals surface area contributed by atoms with Crippen LogP contribution in [0.25, 0.3) is 0 Å². The van der Waals surface area contributed by atoms with E-state index in [4.69, 9.17) is 4.74 Å². The Labute approximate surface area is 80.5 Å². The Morgan fingerprint density at radius 1 is 1.38 bits per heavy atom. The first-order valence-electron chi connectivity index (χ1n) is 5.40. The molecule has 0 bridgehead atoms. The van der Waals surface area contributed by atoms with Crippen molar-refractivity contribution in [2.45, 2.75) is 44.3 Å². The molecule has 0 unspecified atom stereocenters. The van der Waals surface area contributed by atoms with Gasteiger partial charge in [-0.25, -0.2) is 0 Å². The molecule has 78 valence electrons. The third-order valence-electron chi connectivity index (χ3n) is 2.58. The number of aliphatic hydroxyl groups excluding tert-OH is 1. The lowest BCUT2D eigenvalue weighted by molar-refractivity contribution is -0.634. The van der Waals surface area contributed by atoms with E-state index in [0.29, 0.717) is 12.7 Å². The topological polar surface area (TPSA) is 46.1 Å². The maximum absolute atomic E-state index is 9.42. The molecule has 3 nitrogen and oxygen atoms in total. The summed E-state index contributed by atoms with van der Waals surface area (Å²) in [5.41, 5.74) is 0. The highest BCUT2D eigenvalue weighted by Gasteiger charge is 2.15. The molecule has 1 rings (SSSR count). The molecule has 0 aromatic rings. The molecule has 1 atom stereocenters. The molecule has 0 aromatic heterocycles. The molecule has 0 spiro atoms. The zero-order valence-electron chi connectivity index (χ0n) is 8.54. The molecule has 3 N–H and O–H groups in total. The average molecular weight is 188 g/mol. The quantitative estimate of drug-likeness (QED) is 0.632. The van der Waals surface area contributed by atoms with Gasteiger partial charge in [-0.1, -0.05) is 19.3 Å². The fourth-order valence-electron chi connectivity index (χ4n) is 1.82. The van der Waals surface area contributed by atoms with Gasteiger partial charge in [-0.3, -0.25) is 0 Å². The zero-order valence-corrected chi connectivity index (χ0v) is 8.54. The normalized spacial score (nSPS) is 21.7. The highest BCUT2D eigenvalue weighted by atomic mass is 16.5. The second-order valence-electron chi connectivity index (χ2n) is 3.89. The monoisotopic (exact) mass is 188 g/mol. The zero-order chi connectivity index (χ0) is 9.52. The number of hydrogen-bond acceptors (Lipinski definition) is 2. The van der Waals surface area contributed by atoms with Crippen LogP contribution in [0.2, 0.25) is 0 Å². The summed E-state index contributed by atoms with van der Waals surface area (Å²) in [7, 11) is 1.96. The van der Waals surface area contributed by atoms with Gasteiger partial charge in [-0.15, -0.1) is 0 Å². The van der Waals surface area contributed by atoms with Gasteiger partial charge >= 0.3 is 0 Å². The van der Waals surface area contributed by atoms with E-state index in [1.165, 1.54) is 32.1 Å². The van der Waals surface area contributed by atoms with Crippen molar-refractivity contribution in [1.82, 2.24) is 0 Å². The van der Waals surface area contributed by atoms with Crippen molar-refractivity contribution in [2.24, 2.45) is 0 Å². The second-order valence-corrected chi connectivity index (χ2v) is 3.89. The minimum absolute atomic E-state index is 0.299. The molecule has 1 aliphatic rings. The minimum Gasteiger partial charge on any atom is -0.385 e. The van der Waals surface area contributed by atoms with E-state index >= 15 is 0 Å². The van der Waals surface area contributed by atoms with Crippen molar-refractivity contribution in [3.8, 4) is 0 Å². The molecule has 1 fully saturated rings. The highest BCUT2D eigenvalue weighted by Crippen LogP contribution is 2.20. The van der Waals surface area contributed by atoms with E-state index in [-0.39, 0.29) is 6.10 Å². The second kappa shape index (κ2) is 6.35. The number of ether oxygens (including phenoxy) is 1. The van der Waals surface area contributed by atoms with Crippen LogP contribution in [0, 0.1) is 0 Å². The van der Waals surface area contributed by atoms with Gasteiger partial charge < -0.3 is 15.2 Å². The van der Waals surface area contributed by atoms with Crippen LogP contribution in [0.5, 0.6) is 0 Å². The van der Waals surface area contributed by atoms with Crippen molar-refractivity contribution >= 4 is 0 Å². The smallest absolute Gasteiger partial charge is 0.126 e. The number of rotatable bonds is 5. The van der Waals surface area contributed by atoms with Crippen LogP contribution in [-0.4, -0.2) is 37.5 Å². The minimum atomic E-state index is -0.299. The third-order valence-corrected chi connectivity index (χ3v) is 2.58. The standard InChI is InChI=1S/C10H21NO2/c1-11-7-9(12)8-13-10-5-3-2-4-6-10/h9-12H,2-8H2,1H3/p+1/t9-/m0/s1. The number of nitrogens with two attached hydrogens (primary N) is 1.